The van der Waals surface area contributed by atoms with Gasteiger partial charge in [0, 0.05) is 6.07 Å². The molecule has 0 atom stereocenters. The van der Waals surface area contributed by atoms with Crippen LogP contribution in [-0.4, -0.2) is 11.0 Å². The van der Waals surface area contributed by atoms with Gasteiger partial charge >= 0.3 is 0 Å². The minimum absolute atomic E-state index is 0.180. The van der Waals surface area contributed by atoms with Gasteiger partial charge in [0.2, 0.25) is 0 Å². The summed E-state index contributed by atoms with van der Waals surface area (Å²) in [5.41, 5.74) is 6.46. The second-order valence-corrected chi connectivity index (χ2v) is 4.11. The molecule has 2 rings (SSSR count). The summed E-state index contributed by atoms with van der Waals surface area (Å²) in [5, 5.41) is 11.6. The zero-order valence-electron chi connectivity index (χ0n) is 10.6. The van der Waals surface area contributed by atoms with Crippen LogP contribution in [0.1, 0.15) is 11.1 Å². The van der Waals surface area contributed by atoms with Gasteiger partial charge in [-0.05, 0) is 30.7 Å². The summed E-state index contributed by atoms with van der Waals surface area (Å²) in [6.07, 6.45) is 0. The highest BCUT2D eigenvalue weighted by molar-refractivity contribution is 6.00. The molecule has 0 saturated carbocycles. The van der Waals surface area contributed by atoms with Crippen LogP contribution in [0.3, 0.4) is 0 Å². The Morgan fingerprint density at radius 1 is 1.25 bits per heavy atom. The van der Waals surface area contributed by atoms with Crippen LogP contribution >= 0.6 is 0 Å². The standard InChI is InChI=1S/C14H12F2N2O2/c1-8-3-2-4-10(14(17)18-19)13(8)20-12-7-9(15)5-6-11(12)16/h2-7,19H,1H3,(H2,17,18). The number of hydrogen-bond donors (Lipinski definition) is 2. The number of para-hydroxylation sites is 1. The van der Waals surface area contributed by atoms with Crippen LogP contribution in [-0.2, 0) is 0 Å². The Balaban J connectivity index is 2.50. The molecule has 0 aromatic heterocycles. The lowest BCUT2D eigenvalue weighted by molar-refractivity contribution is 0.318. The highest BCUT2D eigenvalue weighted by Gasteiger charge is 2.14. The van der Waals surface area contributed by atoms with E-state index in [0.717, 1.165) is 18.2 Å². The van der Waals surface area contributed by atoms with Gasteiger partial charge in [0.15, 0.2) is 17.4 Å². The molecule has 0 radical (unpaired) electrons. The van der Waals surface area contributed by atoms with Crippen LogP contribution in [0.4, 0.5) is 8.78 Å². The second-order valence-electron chi connectivity index (χ2n) is 4.11. The van der Waals surface area contributed by atoms with Gasteiger partial charge in [-0.15, -0.1) is 0 Å². The third-order valence-corrected chi connectivity index (χ3v) is 2.70. The van der Waals surface area contributed by atoms with Crippen LogP contribution in [0, 0.1) is 18.6 Å². The molecule has 0 aliphatic heterocycles. The number of rotatable bonds is 3. The van der Waals surface area contributed by atoms with Gasteiger partial charge in [-0.2, -0.15) is 0 Å². The van der Waals surface area contributed by atoms with Gasteiger partial charge in [0.05, 0.1) is 5.56 Å². The average molecular weight is 278 g/mol. The lowest BCUT2D eigenvalue weighted by Crippen LogP contribution is -2.14. The highest BCUT2D eigenvalue weighted by atomic mass is 19.1. The lowest BCUT2D eigenvalue weighted by atomic mass is 10.1. The van der Waals surface area contributed by atoms with Crippen LogP contribution in [0.15, 0.2) is 41.6 Å². The van der Waals surface area contributed by atoms with Crippen molar-refractivity contribution in [2.24, 2.45) is 10.9 Å². The van der Waals surface area contributed by atoms with Crippen LogP contribution in [0.25, 0.3) is 0 Å². The van der Waals surface area contributed by atoms with Gasteiger partial charge in [-0.25, -0.2) is 8.78 Å². The van der Waals surface area contributed by atoms with Gasteiger partial charge in [0.25, 0.3) is 0 Å². The number of nitrogens with two attached hydrogens (primary N) is 1. The number of hydrogen-bond acceptors (Lipinski definition) is 3. The molecule has 0 saturated heterocycles. The van der Waals surface area contributed by atoms with E-state index in [1.807, 2.05) is 0 Å². The number of aryl methyl sites for hydroxylation is 1. The molecule has 6 heteroatoms. The normalized spacial score (nSPS) is 11.4. The number of oxime groups is 1. The predicted molar refractivity (Wildman–Crippen MR) is 70.1 cm³/mol. The molecular weight excluding hydrogens is 266 g/mol. The molecule has 0 heterocycles. The SMILES string of the molecule is Cc1cccc(/C(N)=N/O)c1Oc1cc(F)ccc1F. The van der Waals surface area contributed by atoms with Crippen molar-refractivity contribution in [3.63, 3.8) is 0 Å². The predicted octanol–water partition coefficient (Wildman–Crippen LogP) is 3.16. The van der Waals surface area contributed by atoms with E-state index in [4.69, 9.17) is 15.7 Å². The van der Waals surface area contributed by atoms with Crippen molar-refractivity contribution in [3.05, 3.63) is 59.2 Å². The molecule has 0 fully saturated rings. The Bertz CT molecular complexity index is 672. The smallest absolute Gasteiger partial charge is 0.173 e. The molecule has 104 valence electrons. The maximum atomic E-state index is 13.6. The third-order valence-electron chi connectivity index (χ3n) is 2.70. The van der Waals surface area contributed by atoms with Crippen LogP contribution in [0.5, 0.6) is 11.5 Å². The fraction of sp³-hybridized carbons (Fsp3) is 0.0714. The molecule has 4 nitrogen and oxygen atoms in total. The summed E-state index contributed by atoms with van der Waals surface area (Å²) >= 11 is 0. The summed E-state index contributed by atoms with van der Waals surface area (Å²) in [4.78, 5) is 0. The van der Waals surface area contributed by atoms with Crippen molar-refractivity contribution in [1.82, 2.24) is 0 Å². The van der Waals surface area contributed by atoms with Crippen molar-refractivity contribution >= 4 is 5.84 Å². The Hall–Kier alpha value is -2.63. The van der Waals surface area contributed by atoms with E-state index in [9.17, 15) is 8.78 Å². The van der Waals surface area contributed by atoms with E-state index in [0.29, 0.717) is 5.56 Å². The van der Waals surface area contributed by atoms with Crippen molar-refractivity contribution in [2.75, 3.05) is 0 Å². The molecule has 0 unspecified atom stereocenters. The number of benzene rings is 2. The molecule has 0 amide bonds. The lowest BCUT2D eigenvalue weighted by Gasteiger charge is -2.13. The van der Waals surface area contributed by atoms with E-state index in [1.165, 1.54) is 0 Å². The van der Waals surface area contributed by atoms with Gasteiger partial charge < -0.3 is 15.7 Å². The quantitative estimate of drug-likeness (QED) is 0.392. The van der Waals surface area contributed by atoms with Crippen LogP contribution in [0.2, 0.25) is 0 Å². The molecule has 0 aliphatic carbocycles. The van der Waals surface area contributed by atoms with Gasteiger partial charge in [-0.1, -0.05) is 17.3 Å². The number of nitrogens with zero attached hydrogens (tertiary/aromatic N) is 1. The molecule has 0 bridgehead atoms. The zero-order valence-corrected chi connectivity index (χ0v) is 10.6. The summed E-state index contributed by atoms with van der Waals surface area (Å²) < 4.78 is 32.1. The van der Waals surface area contributed by atoms with E-state index >= 15 is 0 Å². The summed E-state index contributed by atoms with van der Waals surface area (Å²) in [7, 11) is 0. The zero-order chi connectivity index (χ0) is 14.7. The van der Waals surface area contributed by atoms with Crippen molar-refractivity contribution in [3.8, 4) is 11.5 Å². The molecule has 3 N–H and O–H groups in total. The third kappa shape index (κ3) is 2.69. The monoisotopic (exact) mass is 278 g/mol. The van der Waals surface area contributed by atoms with Gasteiger partial charge in [-0.3, -0.25) is 0 Å². The fourth-order valence-corrected chi connectivity index (χ4v) is 1.71. The van der Waals surface area contributed by atoms with E-state index in [1.54, 1.807) is 25.1 Å². The van der Waals surface area contributed by atoms with Crippen molar-refractivity contribution in [2.45, 2.75) is 6.92 Å². The summed E-state index contributed by atoms with van der Waals surface area (Å²) in [6, 6.07) is 7.82. The second kappa shape index (κ2) is 5.56. The molecular formula is C14H12F2N2O2. The van der Waals surface area contributed by atoms with Gasteiger partial charge in [0.1, 0.15) is 11.6 Å². The number of amidine groups is 1. The Labute approximate surface area is 114 Å². The number of ether oxygens (including phenoxy) is 1. The Morgan fingerprint density at radius 2 is 2.00 bits per heavy atom. The van der Waals surface area contributed by atoms with Crippen LogP contribution < -0.4 is 10.5 Å². The van der Waals surface area contributed by atoms with E-state index < -0.39 is 11.6 Å². The van der Waals surface area contributed by atoms with Crippen molar-refractivity contribution < 1.29 is 18.7 Å². The van der Waals surface area contributed by atoms with Crippen molar-refractivity contribution in [1.29, 1.82) is 0 Å². The molecule has 20 heavy (non-hydrogen) atoms. The molecule has 0 spiro atoms. The Morgan fingerprint density at radius 3 is 2.70 bits per heavy atom. The maximum Gasteiger partial charge on any atom is 0.173 e. The first-order valence-electron chi connectivity index (χ1n) is 5.73. The molecule has 2 aromatic carbocycles. The maximum absolute atomic E-state index is 13.6. The minimum Gasteiger partial charge on any atom is -0.453 e. The summed E-state index contributed by atoms with van der Waals surface area (Å²) in [6.45, 7) is 1.71. The topological polar surface area (TPSA) is 67.8 Å². The average Bonchev–Trinajstić information content (AvgIpc) is 2.44. The first kappa shape index (κ1) is 13.8. The molecule has 2 aromatic rings. The first-order valence-corrected chi connectivity index (χ1v) is 5.73. The molecule has 0 aliphatic rings. The summed E-state index contributed by atoms with van der Waals surface area (Å²) in [5.74, 6) is -1.58. The van der Waals surface area contributed by atoms with E-state index in [2.05, 4.69) is 5.16 Å². The number of halogens is 2. The fourth-order valence-electron chi connectivity index (χ4n) is 1.71. The Kier molecular flexibility index (Phi) is 3.84. The van der Waals surface area contributed by atoms with E-state index in [-0.39, 0.29) is 22.9 Å². The first-order chi connectivity index (χ1) is 9.52. The highest BCUT2D eigenvalue weighted by Crippen LogP contribution is 2.31. The minimum atomic E-state index is -0.708. The largest absolute Gasteiger partial charge is 0.453 e.